The molecule has 1 aromatic carbocycles. The van der Waals surface area contributed by atoms with Crippen LogP contribution in [0.25, 0.3) is 0 Å². The van der Waals surface area contributed by atoms with E-state index in [1.165, 1.54) is 6.07 Å². The zero-order valence-electron chi connectivity index (χ0n) is 10.6. The van der Waals surface area contributed by atoms with Gasteiger partial charge < -0.3 is 5.32 Å². The van der Waals surface area contributed by atoms with Crippen LogP contribution in [0.2, 0.25) is 0 Å². The van der Waals surface area contributed by atoms with Crippen LogP contribution < -0.4 is 5.32 Å². The van der Waals surface area contributed by atoms with E-state index in [0.29, 0.717) is 12.2 Å². The third-order valence-electron chi connectivity index (χ3n) is 2.80. The first-order valence-corrected chi connectivity index (χ1v) is 6.02. The summed E-state index contributed by atoms with van der Waals surface area (Å²) in [6, 6.07) is 10.1. The number of hydrogen-bond donors (Lipinski definition) is 1. The van der Waals surface area contributed by atoms with Crippen LogP contribution in [-0.2, 0) is 6.42 Å². The lowest BCUT2D eigenvalue weighted by Crippen LogP contribution is -2.07. The van der Waals surface area contributed by atoms with Crippen molar-refractivity contribution in [2.24, 2.45) is 0 Å². The van der Waals surface area contributed by atoms with Gasteiger partial charge in [0.15, 0.2) is 0 Å². The second kappa shape index (κ2) is 6.29. The molecule has 0 bridgehead atoms. The zero-order chi connectivity index (χ0) is 14.4. The summed E-state index contributed by atoms with van der Waals surface area (Å²) in [6.07, 6.45) is 4.15. The molecule has 0 radical (unpaired) electrons. The van der Waals surface area contributed by atoms with Crippen molar-refractivity contribution in [3.05, 3.63) is 64.0 Å². The van der Waals surface area contributed by atoms with Crippen LogP contribution in [0.4, 0.5) is 11.4 Å². The molecule has 0 aliphatic carbocycles. The summed E-state index contributed by atoms with van der Waals surface area (Å²) in [5.74, 6) is 0. The van der Waals surface area contributed by atoms with E-state index in [1.807, 2.05) is 18.2 Å². The predicted molar refractivity (Wildman–Crippen MR) is 74.2 cm³/mol. The highest BCUT2D eigenvalue weighted by Gasteiger charge is 2.14. The minimum absolute atomic E-state index is 0.0845. The first kappa shape index (κ1) is 13.5. The predicted octanol–water partition coefficient (Wildman–Crippen LogP) is 2.52. The molecule has 1 N–H and O–H groups in total. The molecule has 1 aromatic heterocycles. The van der Waals surface area contributed by atoms with Gasteiger partial charge in [0.1, 0.15) is 5.69 Å². The molecule has 1 heterocycles. The van der Waals surface area contributed by atoms with Crippen molar-refractivity contribution in [2.75, 3.05) is 11.9 Å². The van der Waals surface area contributed by atoms with Crippen LogP contribution in [-0.4, -0.2) is 16.5 Å². The van der Waals surface area contributed by atoms with Gasteiger partial charge in [-0.2, -0.15) is 5.26 Å². The van der Waals surface area contributed by atoms with E-state index < -0.39 is 4.92 Å². The molecule has 2 rings (SSSR count). The molecule has 0 amide bonds. The molecule has 20 heavy (non-hydrogen) atoms. The smallest absolute Gasteiger partial charge is 0.293 e. The van der Waals surface area contributed by atoms with E-state index in [9.17, 15) is 10.1 Å². The molecule has 0 aliphatic rings. The Hall–Kier alpha value is -2.94. The van der Waals surface area contributed by atoms with Crippen LogP contribution in [0.1, 0.15) is 11.1 Å². The summed E-state index contributed by atoms with van der Waals surface area (Å²) in [5.41, 5.74) is 1.71. The average Bonchev–Trinajstić information content (AvgIpc) is 2.48. The summed E-state index contributed by atoms with van der Waals surface area (Å²) >= 11 is 0. The largest absolute Gasteiger partial charge is 0.379 e. The first-order chi connectivity index (χ1) is 9.70. The molecular weight excluding hydrogens is 256 g/mol. The molecule has 0 aliphatic heterocycles. The van der Waals surface area contributed by atoms with Gasteiger partial charge in [-0.1, -0.05) is 0 Å². The number of aromatic nitrogens is 1. The van der Waals surface area contributed by atoms with Crippen molar-refractivity contribution in [3.63, 3.8) is 0 Å². The van der Waals surface area contributed by atoms with Crippen molar-refractivity contribution in [3.8, 4) is 6.07 Å². The zero-order valence-corrected chi connectivity index (χ0v) is 10.6. The number of nitro benzene ring substituents is 1. The lowest BCUT2D eigenvalue weighted by molar-refractivity contribution is -0.384. The number of benzene rings is 1. The number of nitrogens with zero attached hydrogens (tertiary/aromatic N) is 3. The molecular formula is C14H12N4O2. The van der Waals surface area contributed by atoms with Gasteiger partial charge in [0.25, 0.3) is 5.69 Å². The second-order valence-corrected chi connectivity index (χ2v) is 4.13. The lowest BCUT2D eigenvalue weighted by atomic mass is 10.1. The number of nitro groups is 1. The third-order valence-corrected chi connectivity index (χ3v) is 2.80. The molecule has 0 unspecified atom stereocenters. The van der Waals surface area contributed by atoms with Crippen LogP contribution >= 0.6 is 0 Å². The summed E-state index contributed by atoms with van der Waals surface area (Å²) < 4.78 is 0. The number of pyridine rings is 1. The Bertz CT molecular complexity index is 650. The SMILES string of the molecule is N#Cc1ccc(NCCc2ccncc2)c([N+](=O)[O-])c1. The number of anilines is 1. The Morgan fingerprint density at radius 1 is 1.30 bits per heavy atom. The van der Waals surface area contributed by atoms with E-state index in [0.717, 1.165) is 12.0 Å². The van der Waals surface area contributed by atoms with Crippen molar-refractivity contribution >= 4 is 11.4 Å². The maximum atomic E-state index is 11.0. The van der Waals surface area contributed by atoms with E-state index in [2.05, 4.69) is 10.3 Å². The topological polar surface area (TPSA) is 91.8 Å². The molecule has 0 saturated carbocycles. The summed E-state index contributed by atoms with van der Waals surface area (Å²) in [7, 11) is 0. The number of rotatable bonds is 5. The van der Waals surface area contributed by atoms with Gasteiger partial charge >= 0.3 is 0 Å². The van der Waals surface area contributed by atoms with Crippen molar-refractivity contribution < 1.29 is 4.92 Å². The van der Waals surface area contributed by atoms with Crippen LogP contribution in [0, 0.1) is 21.4 Å². The number of nitriles is 1. The summed E-state index contributed by atoms with van der Waals surface area (Å²) in [5, 5.41) is 22.8. The van der Waals surface area contributed by atoms with Crippen molar-refractivity contribution in [2.45, 2.75) is 6.42 Å². The maximum absolute atomic E-state index is 11.0. The van der Waals surface area contributed by atoms with Crippen LogP contribution in [0.15, 0.2) is 42.7 Å². The lowest BCUT2D eigenvalue weighted by Gasteiger charge is -2.07. The van der Waals surface area contributed by atoms with E-state index in [4.69, 9.17) is 5.26 Å². The maximum Gasteiger partial charge on any atom is 0.293 e. The fourth-order valence-electron chi connectivity index (χ4n) is 1.79. The minimum atomic E-state index is -0.490. The Labute approximate surface area is 115 Å². The second-order valence-electron chi connectivity index (χ2n) is 4.13. The van der Waals surface area contributed by atoms with Gasteiger partial charge in [-0.3, -0.25) is 15.1 Å². The summed E-state index contributed by atoms with van der Waals surface area (Å²) in [4.78, 5) is 14.4. The van der Waals surface area contributed by atoms with Gasteiger partial charge in [-0.05, 0) is 36.2 Å². The van der Waals surface area contributed by atoms with E-state index >= 15 is 0 Å². The molecule has 2 aromatic rings. The highest BCUT2D eigenvalue weighted by Crippen LogP contribution is 2.25. The van der Waals surface area contributed by atoms with Gasteiger partial charge in [-0.25, -0.2) is 0 Å². The van der Waals surface area contributed by atoms with Gasteiger partial charge in [0.2, 0.25) is 0 Å². The van der Waals surface area contributed by atoms with Crippen LogP contribution in [0.3, 0.4) is 0 Å². The fourth-order valence-corrected chi connectivity index (χ4v) is 1.79. The molecule has 100 valence electrons. The fraction of sp³-hybridized carbons (Fsp3) is 0.143. The number of hydrogen-bond acceptors (Lipinski definition) is 5. The number of nitrogens with one attached hydrogen (secondary N) is 1. The highest BCUT2D eigenvalue weighted by atomic mass is 16.6. The molecule has 6 heteroatoms. The molecule has 0 fully saturated rings. The molecule has 0 saturated heterocycles. The van der Waals surface area contributed by atoms with E-state index in [-0.39, 0.29) is 11.3 Å². The van der Waals surface area contributed by atoms with Gasteiger partial charge in [0, 0.05) is 25.0 Å². The molecule has 0 spiro atoms. The normalized spacial score (nSPS) is 9.75. The molecule has 0 atom stereocenters. The Morgan fingerprint density at radius 3 is 2.70 bits per heavy atom. The quantitative estimate of drug-likeness (QED) is 0.664. The van der Waals surface area contributed by atoms with Crippen LogP contribution in [0.5, 0.6) is 0 Å². The van der Waals surface area contributed by atoms with Crippen molar-refractivity contribution in [1.29, 1.82) is 5.26 Å². The van der Waals surface area contributed by atoms with E-state index in [1.54, 1.807) is 24.5 Å². The van der Waals surface area contributed by atoms with Crippen molar-refractivity contribution in [1.82, 2.24) is 4.98 Å². The van der Waals surface area contributed by atoms with Gasteiger partial charge in [-0.15, -0.1) is 0 Å². The Kier molecular flexibility index (Phi) is 4.24. The highest BCUT2D eigenvalue weighted by molar-refractivity contribution is 5.64. The molecule has 6 nitrogen and oxygen atoms in total. The Morgan fingerprint density at radius 2 is 2.05 bits per heavy atom. The monoisotopic (exact) mass is 268 g/mol. The average molecular weight is 268 g/mol. The summed E-state index contributed by atoms with van der Waals surface area (Å²) in [6.45, 7) is 0.566. The first-order valence-electron chi connectivity index (χ1n) is 6.02. The minimum Gasteiger partial charge on any atom is -0.379 e. The van der Waals surface area contributed by atoms with Gasteiger partial charge in [0.05, 0.1) is 16.6 Å². The standard InChI is InChI=1S/C14H12N4O2/c15-10-12-1-2-13(14(9-12)18(19)20)17-8-5-11-3-6-16-7-4-11/h1-4,6-7,9,17H,5,8H2. The Balaban J connectivity index is 2.06. The third kappa shape index (κ3) is 3.29.